The average molecular weight is 380 g/mol. The van der Waals surface area contributed by atoms with Gasteiger partial charge < -0.3 is 15.3 Å². The van der Waals surface area contributed by atoms with Crippen LogP contribution in [0.1, 0.15) is 37.0 Å². The molecule has 2 aromatic carbocycles. The molecule has 1 aliphatic heterocycles. The number of aliphatic carboxylic acids is 1. The molecule has 1 heterocycles. The Hall–Kier alpha value is -2.66. The lowest BCUT2D eigenvalue weighted by atomic mass is 9.93. The number of rotatable bonds is 7. The molecule has 0 spiro atoms. The molecule has 5 nitrogen and oxygen atoms in total. The fourth-order valence-corrected chi connectivity index (χ4v) is 3.83. The maximum Gasteiger partial charge on any atom is 0.326 e. The molecule has 2 aromatic rings. The van der Waals surface area contributed by atoms with Crippen LogP contribution in [0.25, 0.3) is 0 Å². The zero-order chi connectivity index (χ0) is 20.1. The van der Waals surface area contributed by atoms with Crippen molar-refractivity contribution in [1.82, 2.24) is 10.2 Å². The van der Waals surface area contributed by atoms with Crippen LogP contribution in [0.5, 0.6) is 0 Å². The van der Waals surface area contributed by atoms with Crippen molar-refractivity contribution in [1.29, 1.82) is 0 Å². The van der Waals surface area contributed by atoms with E-state index >= 15 is 0 Å². The quantitative estimate of drug-likeness (QED) is 0.775. The third-order valence-corrected chi connectivity index (χ3v) is 5.43. The average Bonchev–Trinajstić information content (AvgIpc) is 2.71. The molecule has 1 aliphatic rings. The van der Waals surface area contributed by atoms with Gasteiger partial charge in [-0.3, -0.25) is 4.79 Å². The van der Waals surface area contributed by atoms with Crippen molar-refractivity contribution >= 4 is 11.9 Å². The van der Waals surface area contributed by atoms with Crippen molar-refractivity contribution in [2.45, 2.75) is 57.8 Å². The Morgan fingerprint density at radius 2 is 1.71 bits per heavy atom. The Labute approximate surface area is 166 Å². The lowest BCUT2D eigenvalue weighted by Gasteiger charge is -2.36. The molecule has 148 valence electrons. The van der Waals surface area contributed by atoms with Crippen molar-refractivity contribution in [3.05, 3.63) is 71.3 Å². The van der Waals surface area contributed by atoms with E-state index in [4.69, 9.17) is 0 Å². The van der Waals surface area contributed by atoms with Gasteiger partial charge in [0.1, 0.15) is 6.04 Å². The number of carbonyl (C=O) groups excluding carboxylic acids is 1. The topological polar surface area (TPSA) is 69.6 Å². The van der Waals surface area contributed by atoms with Crippen LogP contribution in [-0.4, -0.2) is 40.0 Å². The third-order valence-electron chi connectivity index (χ3n) is 5.43. The molecule has 3 rings (SSSR count). The summed E-state index contributed by atoms with van der Waals surface area (Å²) in [5.41, 5.74) is 3.31. The third kappa shape index (κ3) is 4.78. The van der Waals surface area contributed by atoms with E-state index in [1.54, 1.807) is 0 Å². The summed E-state index contributed by atoms with van der Waals surface area (Å²) < 4.78 is 0. The molecule has 0 bridgehead atoms. The van der Waals surface area contributed by atoms with Gasteiger partial charge in [0.15, 0.2) is 0 Å². The molecule has 0 saturated carbocycles. The molecule has 0 aliphatic carbocycles. The number of fused-ring (bicyclic) bond motifs is 1. The largest absolute Gasteiger partial charge is 0.480 e. The van der Waals surface area contributed by atoms with Crippen molar-refractivity contribution in [3.63, 3.8) is 0 Å². The van der Waals surface area contributed by atoms with Gasteiger partial charge in [-0.05, 0) is 43.4 Å². The van der Waals surface area contributed by atoms with Gasteiger partial charge in [0, 0.05) is 19.0 Å². The van der Waals surface area contributed by atoms with Gasteiger partial charge in [-0.15, -0.1) is 0 Å². The minimum absolute atomic E-state index is 0.152. The smallest absolute Gasteiger partial charge is 0.326 e. The zero-order valence-electron chi connectivity index (χ0n) is 16.5. The lowest BCUT2D eigenvalue weighted by molar-refractivity contribution is -0.152. The van der Waals surface area contributed by atoms with Crippen molar-refractivity contribution < 1.29 is 14.7 Å². The molecule has 28 heavy (non-hydrogen) atoms. The predicted octanol–water partition coefficient (Wildman–Crippen LogP) is 3.02. The number of hydrogen-bond donors (Lipinski definition) is 2. The molecule has 1 amide bonds. The van der Waals surface area contributed by atoms with E-state index in [1.165, 1.54) is 10.5 Å². The molecule has 5 heteroatoms. The molecule has 0 aromatic heterocycles. The Balaban J connectivity index is 1.62. The van der Waals surface area contributed by atoms with Crippen LogP contribution >= 0.6 is 0 Å². The second-order valence-electron chi connectivity index (χ2n) is 7.61. The molecule has 0 saturated heterocycles. The number of nitrogens with one attached hydrogen (secondary N) is 1. The maximum absolute atomic E-state index is 13.0. The molecule has 0 unspecified atom stereocenters. The second kappa shape index (κ2) is 9.02. The van der Waals surface area contributed by atoms with Crippen LogP contribution in [0.4, 0.5) is 0 Å². The normalized spacial score (nSPS) is 18.2. The predicted molar refractivity (Wildman–Crippen MR) is 109 cm³/mol. The minimum Gasteiger partial charge on any atom is -0.480 e. The van der Waals surface area contributed by atoms with Crippen molar-refractivity contribution in [2.75, 3.05) is 0 Å². The van der Waals surface area contributed by atoms with Crippen LogP contribution in [0.15, 0.2) is 54.6 Å². The van der Waals surface area contributed by atoms with Gasteiger partial charge in [0.05, 0.1) is 6.04 Å². The SMILES string of the molecule is C[C@H](CCc1ccccc1)N[C@@H](C)C(=O)N1Cc2ccccc2C[C@H]1C(=O)O. The number of carboxylic acids is 1. The summed E-state index contributed by atoms with van der Waals surface area (Å²) in [5.74, 6) is -1.11. The molecule has 0 fully saturated rings. The van der Waals surface area contributed by atoms with E-state index in [1.807, 2.05) is 49.4 Å². The number of benzene rings is 2. The number of nitrogens with zero attached hydrogens (tertiary/aromatic N) is 1. The van der Waals surface area contributed by atoms with Gasteiger partial charge in [-0.25, -0.2) is 4.79 Å². The summed E-state index contributed by atoms with van der Waals surface area (Å²) in [6, 6.07) is 16.9. The number of amides is 1. The summed E-state index contributed by atoms with van der Waals surface area (Å²) >= 11 is 0. The summed E-state index contributed by atoms with van der Waals surface area (Å²) in [7, 11) is 0. The van der Waals surface area contributed by atoms with E-state index in [0.717, 1.165) is 24.0 Å². The summed E-state index contributed by atoms with van der Waals surface area (Å²) in [6.45, 7) is 4.23. The minimum atomic E-state index is -0.952. The number of carboxylic acid groups (broad SMARTS) is 1. The van der Waals surface area contributed by atoms with E-state index < -0.39 is 18.1 Å². The fraction of sp³-hybridized carbons (Fsp3) is 0.391. The summed E-state index contributed by atoms with van der Waals surface area (Å²) in [4.78, 5) is 26.3. The standard InChI is InChI=1S/C23H28N2O3/c1-16(12-13-18-8-4-3-5-9-18)24-17(2)22(26)25-15-20-11-7-6-10-19(20)14-21(25)23(27)28/h3-11,16-17,21,24H,12-15H2,1-2H3,(H,27,28)/t16-,17+,21+/m1/s1. The van der Waals surface area contributed by atoms with Gasteiger partial charge in [-0.2, -0.15) is 0 Å². The molecule has 3 atom stereocenters. The first-order chi connectivity index (χ1) is 13.5. The Morgan fingerprint density at radius 1 is 1.07 bits per heavy atom. The van der Waals surface area contributed by atoms with Gasteiger partial charge in [0.2, 0.25) is 5.91 Å². The number of aryl methyl sites for hydroxylation is 1. The first kappa shape index (κ1) is 20.1. The summed E-state index contributed by atoms with van der Waals surface area (Å²) in [5, 5.41) is 13.0. The second-order valence-corrected chi connectivity index (χ2v) is 7.61. The Bertz CT molecular complexity index is 822. The van der Waals surface area contributed by atoms with E-state index in [9.17, 15) is 14.7 Å². The highest BCUT2D eigenvalue weighted by molar-refractivity contribution is 5.87. The molecular weight excluding hydrogens is 352 g/mol. The van der Waals surface area contributed by atoms with Crippen LogP contribution in [0.3, 0.4) is 0 Å². The molecule has 2 N–H and O–H groups in total. The monoisotopic (exact) mass is 380 g/mol. The molecule has 0 radical (unpaired) electrons. The van der Waals surface area contributed by atoms with Crippen molar-refractivity contribution in [2.24, 2.45) is 0 Å². The van der Waals surface area contributed by atoms with Crippen LogP contribution in [-0.2, 0) is 29.0 Å². The first-order valence-corrected chi connectivity index (χ1v) is 9.85. The van der Waals surface area contributed by atoms with Crippen molar-refractivity contribution in [3.8, 4) is 0 Å². The Kier molecular flexibility index (Phi) is 6.47. The fourth-order valence-electron chi connectivity index (χ4n) is 3.83. The van der Waals surface area contributed by atoms with Gasteiger partial charge in [0.25, 0.3) is 0 Å². The van der Waals surface area contributed by atoms with E-state index in [0.29, 0.717) is 13.0 Å². The van der Waals surface area contributed by atoms with E-state index in [-0.39, 0.29) is 11.9 Å². The van der Waals surface area contributed by atoms with E-state index in [2.05, 4.69) is 24.4 Å². The highest BCUT2D eigenvalue weighted by atomic mass is 16.4. The zero-order valence-corrected chi connectivity index (χ0v) is 16.5. The summed E-state index contributed by atoms with van der Waals surface area (Å²) in [6.07, 6.45) is 2.20. The van der Waals surface area contributed by atoms with Crippen LogP contribution < -0.4 is 5.32 Å². The number of hydrogen-bond acceptors (Lipinski definition) is 3. The first-order valence-electron chi connectivity index (χ1n) is 9.85. The number of carbonyl (C=O) groups is 2. The van der Waals surface area contributed by atoms with Gasteiger partial charge in [-0.1, -0.05) is 54.6 Å². The van der Waals surface area contributed by atoms with Gasteiger partial charge >= 0.3 is 5.97 Å². The highest BCUT2D eigenvalue weighted by Crippen LogP contribution is 2.24. The lowest BCUT2D eigenvalue weighted by Crippen LogP contribution is -2.55. The maximum atomic E-state index is 13.0. The Morgan fingerprint density at radius 3 is 2.39 bits per heavy atom. The molecular formula is C23H28N2O3. The van der Waals surface area contributed by atoms with Crippen LogP contribution in [0, 0.1) is 0 Å². The van der Waals surface area contributed by atoms with Crippen LogP contribution in [0.2, 0.25) is 0 Å². The highest BCUT2D eigenvalue weighted by Gasteiger charge is 2.36.